The Hall–Kier alpha value is -0.830. The number of anilines is 1. The van der Waals surface area contributed by atoms with Gasteiger partial charge in [-0.3, -0.25) is 0 Å². The van der Waals surface area contributed by atoms with Gasteiger partial charge in [0.2, 0.25) is 0 Å². The zero-order valence-electron chi connectivity index (χ0n) is 10.7. The first-order chi connectivity index (χ1) is 8.20. The minimum atomic E-state index is 0.336. The topological polar surface area (TPSA) is 20.3 Å². The molecule has 1 aliphatic rings. The number of rotatable bonds is 4. The standard InChI is InChI=1S/C14H21NOS/c1-15(2)13-7-8-17-14(13)9-11-3-5-12(10-16)6-4-11/h7-8,10-12H,3-6,9H2,1-2H3. The number of thiophene rings is 1. The summed E-state index contributed by atoms with van der Waals surface area (Å²) in [6.07, 6.45) is 6.96. The third-order valence-corrected chi connectivity index (χ3v) is 4.69. The highest BCUT2D eigenvalue weighted by atomic mass is 32.1. The van der Waals surface area contributed by atoms with Gasteiger partial charge in [0.15, 0.2) is 0 Å². The Bertz CT molecular complexity index is 364. The van der Waals surface area contributed by atoms with Crippen molar-refractivity contribution < 1.29 is 4.79 Å². The zero-order valence-corrected chi connectivity index (χ0v) is 11.5. The summed E-state index contributed by atoms with van der Waals surface area (Å²) in [4.78, 5) is 14.4. The lowest BCUT2D eigenvalue weighted by Gasteiger charge is -2.25. The van der Waals surface area contributed by atoms with E-state index in [0.29, 0.717) is 5.92 Å². The van der Waals surface area contributed by atoms with Crippen molar-refractivity contribution in [2.75, 3.05) is 19.0 Å². The molecule has 1 heterocycles. The van der Waals surface area contributed by atoms with Crippen LogP contribution in [-0.2, 0) is 11.2 Å². The Morgan fingerprint density at radius 2 is 2.06 bits per heavy atom. The molecule has 1 aliphatic carbocycles. The van der Waals surface area contributed by atoms with Gasteiger partial charge in [-0.25, -0.2) is 0 Å². The molecule has 0 atom stereocenters. The van der Waals surface area contributed by atoms with E-state index in [2.05, 4.69) is 30.4 Å². The third kappa shape index (κ3) is 3.09. The van der Waals surface area contributed by atoms with Crippen molar-refractivity contribution in [2.24, 2.45) is 11.8 Å². The Kier molecular flexibility index (Phi) is 4.21. The molecule has 0 N–H and O–H groups in total. The van der Waals surface area contributed by atoms with Crippen LogP contribution in [0.4, 0.5) is 5.69 Å². The molecule has 0 aliphatic heterocycles. The molecule has 1 aromatic rings. The number of nitrogens with zero attached hydrogens (tertiary/aromatic N) is 1. The van der Waals surface area contributed by atoms with Crippen molar-refractivity contribution in [3.8, 4) is 0 Å². The first-order valence-electron chi connectivity index (χ1n) is 6.39. The molecule has 0 spiro atoms. The van der Waals surface area contributed by atoms with Gasteiger partial charge in [0, 0.05) is 24.9 Å². The van der Waals surface area contributed by atoms with E-state index in [9.17, 15) is 4.79 Å². The van der Waals surface area contributed by atoms with Crippen LogP contribution in [0.15, 0.2) is 11.4 Å². The van der Waals surface area contributed by atoms with Gasteiger partial charge in [-0.05, 0) is 49.5 Å². The minimum absolute atomic E-state index is 0.336. The van der Waals surface area contributed by atoms with Crippen molar-refractivity contribution in [1.29, 1.82) is 0 Å². The maximum absolute atomic E-state index is 10.7. The quantitative estimate of drug-likeness (QED) is 0.765. The third-order valence-electron chi connectivity index (χ3n) is 3.76. The maximum atomic E-state index is 10.7. The van der Waals surface area contributed by atoms with Crippen LogP contribution in [0.25, 0.3) is 0 Å². The normalized spacial score (nSPS) is 24.6. The van der Waals surface area contributed by atoms with E-state index in [1.807, 2.05) is 11.3 Å². The maximum Gasteiger partial charge on any atom is 0.123 e. The minimum Gasteiger partial charge on any atom is -0.377 e. The number of carbonyl (C=O) groups is 1. The van der Waals surface area contributed by atoms with Gasteiger partial charge >= 0.3 is 0 Å². The van der Waals surface area contributed by atoms with Gasteiger partial charge < -0.3 is 9.69 Å². The first kappa shape index (κ1) is 12.6. The molecule has 3 heteroatoms. The monoisotopic (exact) mass is 251 g/mol. The van der Waals surface area contributed by atoms with Crippen LogP contribution in [0.3, 0.4) is 0 Å². The highest BCUT2D eigenvalue weighted by molar-refractivity contribution is 7.10. The van der Waals surface area contributed by atoms with E-state index in [1.165, 1.54) is 29.8 Å². The summed E-state index contributed by atoms with van der Waals surface area (Å²) in [6, 6.07) is 2.21. The molecule has 17 heavy (non-hydrogen) atoms. The lowest BCUT2D eigenvalue weighted by atomic mass is 9.81. The van der Waals surface area contributed by atoms with E-state index in [-0.39, 0.29) is 0 Å². The predicted molar refractivity (Wildman–Crippen MR) is 73.9 cm³/mol. The van der Waals surface area contributed by atoms with Gasteiger partial charge in [-0.1, -0.05) is 0 Å². The van der Waals surface area contributed by atoms with Crippen molar-refractivity contribution in [1.82, 2.24) is 0 Å². The van der Waals surface area contributed by atoms with Crippen LogP contribution in [0.1, 0.15) is 30.6 Å². The first-order valence-corrected chi connectivity index (χ1v) is 7.27. The summed E-state index contributed by atoms with van der Waals surface area (Å²) >= 11 is 1.87. The van der Waals surface area contributed by atoms with E-state index in [4.69, 9.17) is 0 Å². The highest BCUT2D eigenvalue weighted by Gasteiger charge is 2.22. The van der Waals surface area contributed by atoms with E-state index in [0.717, 1.165) is 25.0 Å². The molecule has 1 aromatic heterocycles. The van der Waals surface area contributed by atoms with Gasteiger partial charge in [0.05, 0.1) is 5.69 Å². The second-order valence-corrected chi connectivity index (χ2v) is 6.25. The van der Waals surface area contributed by atoms with Crippen molar-refractivity contribution in [3.05, 3.63) is 16.3 Å². The lowest BCUT2D eigenvalue weighted by Crippen LogP contribution is -2.18. The van der Waals surface area contributed by atoms with Crippen molar-refractivity contribution >= 4 is 23.3 Å². The van der Waals surface area contributed by atoms with Gasteiger partial charge in [0.1, 0.15) is 6.29 Å². The summed E-state index contributed by atoms with van der Waals surface area (Å²) in [6.45, 7) is 0. The molecule has 1 fully saturated rings. The molecule has 94 valence electrons. The summed E-state index contributed by atoms with van der Waals surface area (Å²) in [5.74, 6) is 1.12. The molecule has 0 bridgehead atoms. The second kappa shape index (κ2) is 5.67. The number of hydrogen-bond acceptors (Lipinski definition) is 3. The van der Waals surface area contributed by atoms with Crippen molar-refractivity contribution in [2.45, 2.75) is 32.1 Å². The summed E-state index contributed by atoms with van der Waals surface area (Å²) in [7, 11) is 4.21. The molecule has 0 unspecified atom stereocenters. The largest absolute Gasteiger partial charge is 0.377 e. The van der Waals surface area contributed by atoms with Crippen molar-refractivity contribution in [3.63, 3.8) is 0 Å². The summed E-state index contributed by atoms with van der Waals surface area (Å²) in [5.41, 5.74) is 1.37. The van der Waals surface area contributed by atoms with Crippen LogP contribution in [0, 0.1) is 11.8 Å². The Morgan fingerprint density at radius 1 is 1.35 bits per heavy atom. The zero-order chi connectivity index (χ0) is 12.3. The van der Waals surface area contributed by atoms with Crippen LogP contribution < -0.4 is 4.90 Å². The van der Waals surface area contributed by atoms with Gasteiger partial charge in [0.25, 0.3) is 0 Å². The molecule has 2 nitrogen and oxygen atoms in total. The molecule has 0 aromatic carbocycles. The molecular weight excluding hydrogens is 230 g/mol. The molecule has 1 saturated carbocycles. The molecule has 0 saturated heterocycles. The van der Waals surface area contributed by atoms with Gasteiger partial charge in [-0.2, -0.15) is 0 Å². The molecule has 2 rings (SSSR count). The second-order valence-electron chi connectivity index (χ2n) is 5.24. The summed E-state index contributed by atoms with van der Waals surface area (Å²) < 4.78 is 0. The van der Waals surface area contributed by atoms with E-state index < -0.39 is 0 Å². The fourth-order valence-electron chi connectivity index (χ4n) is 2.68. The fraction of sp³-hybridized carbons (Fsp3) is 0.643. The predicted octanol–water partition coefficient (Wildman–Crippen LogP) is 3.36. The summed E-state index contributed by atoms with van der Waals surface area (Å²) in [5, 5.41) is 2.18. The Morgan fingerprint density at radius 3 is 2.65 bits per heavy atom. The SMILES string of the molecule is CN(C)c1ccsc1CC1CCC(C=O)CC1. The number of hydrogen-bond donors (Lipinski definition) is 0. The van der Waals surface area contributed by atoms with Crippen LogP contribution in [0.5, 0.6) is 0 Å². The molecule has 0 radical (unpaired) electrons. The Balaban J connectivity index is 1.93. The molecular formula is C14H21NOS. The van der Waals surface area contributed by atoms with Gasteiger partial charge in [-0.15, -0.1) is 11.3 Å². The van der Waals surface area contributed by atoms with Crippen LogP contribution in [0.2, 0.25) is 0 Å². The fourth-order valence-corrected chi connectivity index (χ4v) is 3.74. The Labute approximate surface area is 108 Å². The smallest absolute Gasteiger partial charge is 0.123 e. The number of carbonyl (C=O) groups excluding carboxylic acids is 1. The number of aldehydes is 1. The molecule has 0 amide bonds. The van der Waals surface area contributed by atoms with E-state index >= 15 is 0 Å². The van der Waals surface area contributed by atoms with Crippen LogP contribution >= 0.6 is 11.3 Å². The van der Waals surface area contributed by atoms with Crippen LogP contribution in [-0.4, -0.2) is 20.4 Å². The van der Waals surface area contributed by atoms with E-state index in [1.54, 1.807) is 0 Å². The highest BCUT2D eigenvalue weighted by Crippen LogP contribution is 2.34. The lowest BCUT2D eigenvalue weighted by molar-refractivity contribution is -0.112. The average Bonchev–Trinajstić information content (AvgIpc) is 2.78. The average molecular weight is 251 g/mol.